The van der Waals surface area contributed by atoms with Crippen LogP contribution in [-0.2, 0) is 24.3 Å². The molecule has 0 aliphatic rings. The average Bonchev–Trinajstić information content (AvgIpc) is 2.93. The van der Waals surface area contributed by atoms with E-state index in [1.54, 1.807) is 11.8 Å². The van der Waals surface area contributed by atoms with Gasteiger partial charge in [-0.15, -0.1) is 11.3 Å². The van der Waals surface area contributed by atoms with Crippen molar-refractivity contribution in [3.8, 4) is 0 Å². The zero-order valence-corrected chi connectivity index (χ0v) is 13.7. The van der Waals surface area contributed by atoms with Gasteiger partial charge in [-0.3, -0.25) is 4.79 Å². The molecule has 1 aromatic carbocycles. The standard InChI is InChI=1S/C17H22N2OS/c1-4-16-8-9-17(21-16)11-18-15-7-5-6-14(10-15)12-19(3)13(2)20/h5-10,18H,4,11-12H2,1-3H3. The van der Waals surface area contributed by atoms with E-state index in [1.807, 2.05) is 30.5 Å². The molecule has 3 nitrogen and oxygen atoms in total. The maximum absolute atomic E-state index is 11.3. The maximum Gasteiger partial charge on any atom is 0.219 e. The third-order valence-electron chi connectivity index (χ3n) is 3.42. The number of carbonyl (C=O) groups excluding carboxylic acids is 1. The number of aryl methyl sites for hydroxylation is 1. The summed E-state index contributed by atoms with van der Waals surface area (Å²) in [5.74, 6) is 0.0824. The van der Waals surface area contributed by atoms with Crippen molar-refractivity contribution in [1.82, 2.24) is 4.90 Å². The number of benzene rings is 1. The minimum atomic E-state index is 0.0824. The molecule has 0 unspecified atom stereocenters. The Kier molecular flexibility index (Phi) is 5.39. The van der Waals surface area contributed by atoms with E-state index in [4.69, 9.17) is 0 Å². The summed E-state index contributed by atoms with van der Waals surface area (Å²) in [6, 6.07) is 12.6. The number of rotatable bonds is 6. The summed E-state index contributed by atoms with van der Waals surface area (Å²) in [5.41, 5.74) is 2.23. The SMILES string of the molecule is CCc1ccc(CNc2cccc(CN(C)C(C)=O)c2)s1. The molecular formula is C17H22N2OS. The molecule has 0 fully saturated rings. The highest BCUT2D eigenvalue weighted by atomic mass is 32.1. The molecule has 1 N–H and O–H groups in total. The lowest BCUT2D eigenvalue weighted by atomic mass is 10.2. The van der Waals surface area contributed by atoms with Gasteiger partial charge in [-0.25, -0.2) is 0 Å². The monoisotopic (exact) mass is 302 g/mol. The van der Waals surface area contributed by atoms with Gasteiger partial charge in [-0.1, -0.05) is 19.1 Å². The Labute approximate surface area is 130 Å². The van der Waals surface area contributed by atoms with Crippen LogP contribution in [-0.4, -0.2) is 17.9 Å². The van der Waals surface area contributed by atoms with Gasteiger partial charge in [-0.2, -0.15) is 0 Å². The summed E-state index contributed by atoms with van der Waals surface area (Å²) < 4.78 is 0. The summed E-state index contributed by atoms with van der Waals surface area (Å²) in [4.78, 5) is 15.8. The van der Waals surface area contributed by atoms with E-state index in [2.05, 4.69) is 36.5 Å². The number of nitrogens with zero attached hydrogens (tertiary/aromatic N) is 1. The zero-order valence-electron chi connectivity index (χ0n) is 12.8. The molecule has 0 spiro atoms. The molecule has 0 radical (unpaired) electrons. The molecule has 0 atom stereocenters. The first kappa shape index (κ1) is 15.6. The highest BCUT2D eigenvalue weighted by Gasteiger charge is 2.04. The van der Waals surface area contributed by atoms with Crippen LogP contribution in [0.5, 0.6) is 0 Å². The fourth-order valence-corrected chi connectivity index (χ4v) is 2.96. The number of hydrogen-bond acceptors (Lipinski definition) is 3. The van der Waals surface area contributed by atoms with E-state index in [0.717, 1.165) is 24.2 Å². The number of amides is 1. The summed E-state index contributed by atoms with van der Waals surface area (Å²) in [5, 5.41) is 3.45. The predicted molar refractivity (Wildman–Crippen MR) is 89.6 cm³/mol. The molecule has 4 heteroatoms. The Bertz CT molecular complexity index is 606. The normalized spacial score (nSPS) is 10.4. The van der Waals surface area contributed by atoms with Crippen molar-refractivity contribution in [1.29, 1.82) is 0 Å². The van der Waals surface area contributed by atoms with Gasteiger partial charge in [0.05, 0.1) is 0 Å². The number of carbonyl (C=O) groups is 1. The molecule has 0 aliphatic heterocycles. The second kappa shape index (κ2) is 7.27. The summed E-state index contributed by atoms with van der Waals surface area (Å²) in [6.45, 7) is 5.25. The molecule has 21 heavy (non-hydrogen) atoms. The number of thiophene rings is 1. The molecule has 0 bridgehead atoms. The highest BCUT2D eigenvalue weighted by molar-refractivity contribution is 7.12. The Hall–Kier alpha value is -1.81. The van der Waals surface area contributed by atoms with Gasteiger partial charge in [0.1, 0.15) is 0 Å². The van der Waals surface area contributed by atoms with Crippen LogP contribution >= 0.6 is 11.3 Å². The molecule has 1 heterocycles. The van der Waals surface area contributed by atoms with Crippen molar-refractivity contribution >= 4 is 22.9 Å². The highest BCUT2D eigenvalue weighted by Crippen LogP contribution is 2.19. The van der Waals surface area contributed by atoms with Crippen LogP contribution in [0.4, 0.5) is 5.69 Å². The van der Waals surface area contributed by atoms with Crippen molar-refractivity contribution in [2.45, 2.75) is 33.4 Å². The van der Waals surface area contributed by atoms with E-state index in [9.17, 15) is 4.79 Å². The van der Waals surface area contributed by atoms with Crippen molar-refractivity contribution in [2.75, 3.05) is 12.4 Å². The van der Waals surface area contributed by atoms with Crippen LogP contribution in [0.1, 0.15) is 29.2 Å². The van der Waals surface area contributed by atoms with Gasteiger partial charge >= 0.3 is 0 Å². The topological polar surface area (TPSA) is 32.3 Å². The lowest BCUT2D eigenvalue weighted by molar-refractivity contribution is -0.128. The Morgan fingerprint density at radius 2 is 2.00 bits per heavy atom. The summed E-state index contributed by atoms with van der Waals surface area (Å²) in [7, 11) is 1.82. The maximum atomic E-state index is 11.3. The lowest BCUT2D eigenvalue weighted by Gasteiger charge is -2.15. The second-order valence-electron chi connectivity index (χ2n) is 5.15. The molecule has 112 valence electrons. The van der Waals surface area contributed by atoms with E-state index in [0.29, 0.717) is 6.54 Å². The second-order valence-corrected chi connectivity index (χ2v) is 6.40. The van der Waals surface area contributed by atoms with Gasteiger partial charge in [0, 0.05) is 42.5 Å². The van der Waals surface area contributed by atoms with Crippen LogP contribution in [0.2, 0.25) is 0 Å². The summed E-state index contributed by atoms with van der Waals surface area (Å²) >= 11 is 1.86. The third kappa shape index (κ3) is 4.60. The molecule has 0 saturated heterocycles. The Morgan fingerprint density at radius 3 is 2.67 bits per heavy atom. The summed E-state index contributed by atoms with van der Waals surface area (Å²) in [6.07, 6.45) is 1.09. The first-order valence-corrected chi connectivity index (χ1v) is 8.02. The number of anilines is 1. The largest absolute Gasteiger partial charge is 0.380 e. The third-order valence-corrected chi connectivity index (χ3v) is 4.65. The first-order valence-electron chi connectivity index (χ1n) is 7.20. The van der Waals surface area contributed by atoms with Crippen molar-refractivity contribution in [3.63, 3.8) is 0 Å². The fourth-order valence-electron chi connectivity index (χ4n) is 2.06. The predicted octanol–water partition coefficient (Wildman–Crippen LogP) is 3.90. The zero-order chi connectivity index (χ0) is 15.2. The Morgan fingerprint density at radius 1 is 1.24 bits per heavy atom. The van der Waals surface area contributed by atoms with Gasteiger partial charge in [0.2, 0.25) is 5.91 Å². The lowest BCUT2D eigenvalue weighted by Crippen LogP contribution is -2.22. The molecule has 0 aliphatic carbocycles. The fraction of sp³-hybridized carbons (Fsp3) is 0.353. The van der Waals surface area contributed by atoms with E-state index >= 15 is 0 Å². The van der Waals surface area contributed by atoms with Crippen molar-refractivity contribution < 1.29 is 4.79 Å². The van der Waals surface area contributed by atoms with E-state index in [1.165, 1.54) is 9.75 Å². The molecule has 1 aromatic heterocycles. The van der Waals surface area contributed by atoms with E-state index < -0.39 is 0 Å². The van der Waals surface area contributed by atoms with Gasteiger partial charge in [-0.05, 0) is 36.2 Å². The minimum Gasteiger partial charge on any atom is -0.380 e. The first-order chi connectivity index (χ1) is 10.1. The number of nitrogens with one attached hydrogen (secondary N) is 1. The molecule has 2 aromatic rings. The van der Waals surface area contributed by atoms with Crippen molar-refractivity contribution in [3.05, 3.63) is 51.7 Å². The Balaban J connectivity index is 1.95. The number of hydrogen-bond donors (Lipinski definition) is 1. The van der Waals surface area contributed by atoms with Crippen LogP contribution in [0.25, 0.3) is 0 Å². The van der Waals surface area contributed by atoms with Gasteiger partial charge in [0.25, 0.3) is 0 Å². The van der Waals surface area contributed by atoms with Crippen LogP contribution in [0.3, 0.4) is 0 Å². The average molecular weight is 302 g/mol. The molecule has 2 rings (SSSR count). The van der Waals surface area contributed by atoms with Gasteiger partial charge < -0.3 is 10.2 Å². The minimum absolute atomic E-state index is 0.0824. The van der Waals surface area contributed by atoms with E-state index in [-0.39, 0.29) is 5.91 Å². The smallest absolute Gasteiger partial charge is 0.219 e. The van der Waals surface area contributed by atoms with Gasteiger partial charge in [0.15, 0.2) is 0 Å². The molecule has 1 amide bonds. The molecular weight excluding hydrogens is 280 g/mol. The quantitative estimate of drug-likeness (QED) is 0.877. The van der Waals surface area contributed by atoms with Crippen LogP contribution in [0.15, 0.2) is 36.4 Å². The van der Waals surface area contributed by atoms with Crippen LogP contribution < -0.4 is 5.32 Å². The van der Waals surface area contributed by atoms with Crippen LogP contribution in [0, 0.1) is 0 Å². The van der Waals surface area contributed by atoms with Crippen molar-refractivity contribution in [2.24, 2.45) is 0 Å². The molecule has 0 saturated carbocycles.